The molecule has 22 heavy (non-hydrogen) atoms. The zero-order chi connectivity index (χ0) is 15.8. The highest BCUT2D eigenvalue weighted by Crippen LogP contribution is 2.23. The molecule has 114 valence electrons. The molecule has 1 amide bonds. The number of nitrogens with one attached hydrogen (secondary N) is 1. The van der Waals surface area contributed by atoms with Crippen molar-refractivity contribution in [1.82, 2.24) is 4.98 Å². The van der Waals surface area contributed by atoms with Crippen molar-refractivity contribution in [3.63, 3.8) is 0 Å². The number of ether oxygens (including phenoxy) is 1. The number of hydrogen-bond acceptors (Lipinski definition) is 4. The second-order valence-electron chi connectivity index (χ2n) is 4.30. The molecule has 0 atom stereocenters. The van der Waals surface area contributed by atoms with Gasteiger partial charge in [-0.1, -0.05) is 28.1 Å². The quantitative estimate of drug-likeness (QED) is 0.569. The van der Waals surface area contributed by atoms with E-state index in [0.717, 1.165) is 10.2 Å². The number of halogens is 1. The second kappa shape index (κ2) is 8.60. The fourth-order valence-electron chi connectivity index (χ4n) is 1.60. The zero-order valence-corrected chi connectivity index (χ0v) is 14.2. The molecular formula is C16H15BrN2O2S. The number of anilines is 1. The van der Waals surface area contributed by atoms with Crippen molar-refractivity contribution in [2.24, 2.45) is 0 Å². The highest BCUT2D eigenvalue weighted by Gasteiger charge is 2.04. The normalized spacial score (nSPS) is 10.0. The van der Waals surface area contributed by atoms with Gasteiger partial charge in [0.25, 0.3) is 0 Å². The van der Waals surface area contributed by atoms with E-state index >= 15 is 0 Å². The van der Waals surface area contributed by atoms with Crippen molar-refractivity contribution in [3.8, 4) is 11.6 Å². The van der Waals surface area contributed by atoms with Gasteiger partial charge in [-0.2, -0.15) is 0 Å². The van der Waals surface area contributed by atoms with Crippen LogP contribution in [0.2, 0.25) is 0 Å². The standard InChI is InChI=1S/C16H15BrN2O2S/c1-2-8-22-11-15(20)19-13-6-7-16(18-10-13)21-14-5-3-4-12(17)9-14/h2-7,9-10H,1,8,11H2,(H,19,20). The number of rotatable bonds is 7. The lowest BCUT2D eigenvalue weighted by Gasteiger charge is -2.07. The van der Waals surface area contributed by atoms with Gasteiger partial charge < -0.3 is 10.1 Å². The Morgan fingerprint density at radius 2 is 2.27 bits per heavy atom. The summed E-state index contributed by atoms with van der Waals surface area (Å²) in [6.07, 6.45) is 3.34. The van der Waals surface area contributed by atoms with E-state index in [1.165, 1.54) is 11.8 Å². The Morgan fingerprint density at radius 3 is 2.95 bits per heavy atom. The van der Waals surface area contributed by atoms with Crippen molar-refractivity contribution < 1.29 is 9.53 Å². The number of thioether (sulfide) groups is 1. The van der Waals surface area contributed by atoms with Crippen molar-refractivity contribution in [2.45, 2.75) is 0 Å². The first kappa shape index (κ1) is 16.6. The SMILES string of the molecule is C=CCSCC(=O)Nc1ccc(Oc2cccc(Br)c2)nc1. The van der Waals surface area contributed by atoms with Gasteiger partial charge in [-0.25, -0.2) is 4.98 Å². The van der Waals surface area contributed by atoms with Gasteiger partial charge in [-0.15, -0.1) is 18.3 Å². The highest BCUT2D eigenvalue weighted by molar-refractivity contribution is 9.10. The molecule has 1 aromatic carbocycles. The molecule has 0 spiro atoms. The van der Waals surface area contributed by atoms with Crippen LogP contribution in [0.4, 0.5) is 5.69 Å². The molecule has 0 fully saturated rings. The summed E-state index contributed by atoms with van der Waals surface area (Å²) in [4.78, 5) is 15.8. The van der Waals surface area contributed by atoms with E-state index in [4.69, 9.17) is 4.74 Å². The van der Waals surface area contributed by atoms with Crippen LogP contribution in [0.15, 0.2) is 59.7 Å². The predicted octanol–water partition coefficient (Wildman–Crippen LogP) is 4.49. The van der Waals surface area contributed by atoms with Crippen LogP contribution in [0.25, 0.3) is 0 Å². The van der Waals surface area contributed by atoms with Crippen LogP contribution in [0.5, 0.6) is 11.6 Å². The topological polar surface area (TPSA) is 51.2 Å². The minimum Gasteiger partial charge on any atom is -0.439 e. The predicted molar refractivity (Wildman–Crippen MR) is 94.6 cm³/mol. The summed E-state index contributed by atoms with van der Waals surface area (Å²) in [7, 11) is 0. The molecule has 0 bridgehead atoms. The number of carbonyl (C=O) groups is 1. The molecule has 1 heterocycles. The Morgan fingerprint density at radius 1 is 1.41 bits per heavy atom. The summed E-state index contributed by atoms with van der Waals surface area (Å²) in [5.41, 5.74) is 0.644. The van der Waals surface area contributed by atoms with Gasteiger partial charge in [0, 0.05) is 16.3 Å². The minimum atomic E-state index is -0.0608. The van der Waals surface area contributed by atoms with Gasteiger partial charge in [0.05, 0.1) is 17.6 Å². The summed E-state index contributed by atoms with van der Waals surface area (Å²) in [6.45, 7) is 3.61. The maximum absolute atomic E-state index is 11.7. The minimum absolute atomic E-state index is 0.0608. The van der Waals surface area contributed by atoms with Crippen molar-refractivity contribution in [2.75, 3.05) is 16.8 Å². The van der Waals surface area contributed by atoms with Gasteiger partial charge in [0.1, 0.15) is 5.75 Å². The van der Waals surface area contributed by atoms with Crippen LogP contribution in [0, 0.1) is 0 Å². The van der Waals surface area contributed by atoms with Crippen LogP contribution in [0.1, 0.15) is 0 Å². The summed E-state index contributed by atoms with van der Waals surface area (Å²) < 4.78 is 6.57. The number of pyridine rings is 1. The van der Waals surface area contributed by atoms with Crippen molar-refractivity contribution in [1.29, 1.82) is 0 Å². The van der Waals surface area contributed by atoms with E-state index < -0.39 is 0 Å². The van der Waals surface area contributed by atoms with E-state index in [2.05, 4.69) is 32.8 Å². The lowest BCUT2D eigenvalue weighted by Crippen LogP contribution is -2.14. The molecule has 0 saturated carbocycles. The third kappa shape index (κ3) is 5.54. The summed E-state index contributed by atoms with van der Waals surface area (Å²) in [5.74, 6) is 2.25. The molecule has 0 aliphatic rings. The molecule has 0 saturated heterocycles. The molecule has 2 aromatic rings. The Balaban J connectivity index is 1.90. The van der Waals surface area contributed by atoms with E-state index in [1.807, 2.05) is 24.3 Å². The maximum atomic E-state index is 11.7. The van der Waals surface area contributed by atoms with Crippen LogP contribution in [-0.4, -0.2) is 22.4 Å². The number of aromatic nitrogens is 1. The van der Waals surface area contributed by atoms with E-state index in [1.54, 1.807) is 24.4 Å². The van der Waals surface area contributed by atoms with Gasteiger partial charge in [-0.3, -0.25) is 4.79 Å². The Labute approximate surface area is 142 Å². The highest BCUT2D eigenvalue weighted by atomic mass is 79.9. The number of carbonyl (C=O) groups excluding carboxylic acids is 1. The van der Waals surface area contributed by atoms with Crippen molar-refractivity contribution in [3.05, 3.63) is 59.7 Å². The van der Waals surface area contributed by atoms with Crippen LogP contribution >= 0.6 is 27.7 Å². The number of benzene rings is 1. The van der Waals surface area contributed by atoms with Crippen LogP contribution in [-0.2, 0) is 4.79 Å². The Kier molecular flexibility index (Phi) is 6.48. The van der Waals surface area contributed by atoms with Gasteiger partial charge in [-0.05, 0) is 24.3 Å². The molecule has 0 radical (unpaired) electrons. The fourth-order valence-corrected chi connectivity index (χ4v) is 2.52. The van der Waals surface area contributed by atoms with Crippen LogP contribution < -0.4 is 10.1 Å². The first-order chi connectivity index (χ1) is 10.7. The van der Waals surface area contributed by atoms with E-state index in [0.29, 0.717) is 23.1 Å². The molecule has 1 aromatic heterocycles. The average Bonchev–Trinajstić information content (AvgIpc) is 2.50. The largest absolute Gasteiger partial charge is 0.439 e. The van der Waals surface area contributed by atoms with Gasteiger partial charge >= 0.3 is 0 Å². The molecule has 6 heteroatoms. The zero-order valence-electron chi connectivity index (χ0n) is 11.8. The molecule has 0 unspecified atom stereocenters. The number of amides is 1. The van der Waals surface area contributed by atoms with Crippen LogP contribution in [0.3, 0.4) is 0 Å². The molecule has 0 aliphatic carbocycles. The Bertz CT molecular complexity index is 647. The van der Waals surface area contributed by atoms with E-state index in [9.17, 15) is 4.79 Å². The number of nitrogens with zero attached hydrogens (tertiary/aromatic N) is 1. The molecule has 2 rings (SSSR count). The number of hydrogen-bond donors (Lipinski definition) is 1. The van der Waals surface area contributed by atoms with Gasteiger partial charge in [0.15, 0.2) is 0 Å². The average molecular weight is 379 g/mol. The summed E-state index contributed by atoms with van der Waals surface area (Å²) in [6, 6.07) is 11.0. The lowest BCUT2D eigenvalue weighted by molar-refractivity contribution is -0.113. The summed E-state index contributed by atoms with van der Waals surface area (Å²) >= 11 is 4.89. The molecule has 1 N–H and O–H groups in total. The fraction of sp³-hybridized carbons (Fsp3) is 0.125. The summed E-state index contributed by atoms with van der Waals surface area (Å²) in [5, 5.41) is 2.78. The third-order valence-electron chi connectivity index (χ3n) is 2.51. The lowest BCUT2D eigenvalue weighted by atomic mass is 10.3. The van der Waals surface area contributed by atoms with Gasteiger partial charge in [0.2, 0.25) is 11.8 Å². The maximum Gasteiger partial charge on any atom is 0.234 e. The van der Waals surface area contributed by atoms with Crippen molar-refractivity contribution >= 4 is 39.3 Å². The monoisotopic (exact) mass is 378 g/mol. The first-order valence-electron chi connectivity index (χ1n) is 6.55. The van der Waals surface area contributed by atoms with E-state index in [-0.39, 0.29) is 5.91 Å². The third-order valence-corrected chi connectivity index (χ3v) is 3.94. The molecule has 4 nitrogen and oxygen atoms in total. The second-order valence-corrected chi connectivity index (χ2v) is 6.24. The Hall–Kier alpha value is -1.79. The smallest absolute Gasteiger partial charge is 0.234 e. The molecule has 0 aliphatic heterocycles. The molecular weight excluding hydrogens is 364 g/mol. The first-order valence-corrected chi connectivity index (χ1v) is 8.50.